The molecule has 1 heterocycles. The number of benzene rings is 3. The summed E-state index contributed by atoms with van der Waals surface area (Å²) in [7, 11) is 0. The van der Waals surface area contributed by atoms with Gasteiger partial charge in [0.1, 0.15) is 0 Å². The second kappa shape index (κ2) is 10.5. The summed E-state index contributed by atoms with van der Waals surface area (Å²) in [5, 5.41) is 12.7. The minimum atomic E-state index is -0.136. The van der Waals surface area contributed by atoms with Crippen LogP contribution in [0.3, 0.4) is 0 Å². The minimum absolute atomic E-state index is 0.0395. The molecule has 0 bridgehead atoms. The Hall–Kier alpha value is -3.42. The van der Waals surface area contributed by atoms with Crippen LogP contribution in [0.5, 0.6) is 0 Å². The van der Waals surface area contributed by atoms with Crippen LogP contribution in [0.15, 0.2) is 72.8 Å². The summed E-state index contributed by atoms with van der Waals surface area (Å²) < 4.78 is 0. The first-order chi connectivity index (χ1) is 17.1. The summed E-state index contributed by atoms with van der Waals surface area (Å²) in [6.45, 7) is 2.90. The highest BCUT2D eigenvalue weighted by Gasteiger charge is 2.34. The molecule has 5 rings (SSSR count). The second-order valence-electron chi connectivity index (χ2n) is 10.1. The maximum Gasteiger partial charge on any atom is 0.251 e. The Morgan fingerprint density at radius 3 is 2.51 bits per heavy atom. The van der Waals surface area contributed by atoms with Crippen LogP contribution in [0.4, 0.5) is 0 Å². The van der Waals surface area contributed by atoms with Gasteiger partial charge in [-0.15, -0.1) is 0 Å². The lowest BCUT2D eigenvalue weighted by atomic mass is 9.78. The Morgan fingerprint density at radius 2 is 1.71 bits per heavy atom. The maximum atomic E-state index is 13.4. The smallest absolute Gasteiger partial charge is 0.251 e. The minimum Gasteiger partial charge on any atom is -0.347 e. The van der Waals surface area contributed by atoms with Crippen molar-refractivity contribution in [2.75, 3.05) is 13.1 Å². The number of carbonyl (C=O) groups excluding carboxylic acids is 1. The van der Waals surface area contributed by atoms with Crippen LogP contribution in [0.25, 0.3) is 11.1 Å². The highest BCUT2D eigenvalue weighted by atomic mass is 16.1. The van der Waals surface area contributed by atoms with E-state index in [-0.39, 0.29) is 11.4 Å². The van der Waals surface area contributed by atoms with E-state index < -0.39 is 0 Å². The predicted molar refractivity (Wildman–Crippen MR) is 140 cm³/mol. The number of rotatable bonds is 6. The molecule has 1 N–H and O–H groups in total. The van der Waals surface area contributed by atoms with Crippen molar-refractivity contribution in [1.29, 1.82) is 5.26 Å². The Morgan fingerprint density at radius 1 is 0.914 bits per heavy atom. The number of nitriles is 1. The van der Waals surface area contributed by atoms with Crippen LogP contribution in [-0.2, 0) is 13.0 Å². The van der Waals surface area contributed by atoms with Crippen LogP contribution in [0.2, 0.25) is 0 Å². The molecule has 3 aromatic rings. The Bertz CT molecular complexity index is 1220. The van der Waals surface area contributed by atoms with E-state index in [2.05, 4.69) is 40.6 Å². The van der Waals surface area contributed by atoms with Crippen LogP contribution in [-0.4, -0.2) is 29.4 Å². The van der Waals surface area contributed by atoms with Gasteiger partial charge in [0.05, 0.1) is 11.6 Å². The summed E-state index contributed by atoms with van der Waals surface area (Å²) in [5.41, 5.74) is 6.18. The summed E-state index contributed by atoms with van der Waals surface area (Å²) in [6, 6.07) is 26.5. The number of nitrogens with one attached hydrogen (secondary N) is 1. The molecule has 178 valence electrons. The normalized spacial score (nSPS) is 17.2. The molecule has 4 heteroatoms. The molecule has 1 saturated carbocycles. The van der Waals surface area contributed by atoms with Crippen molar-refractivity contribution >= 4 is 5.91 Å². The molecule has 0 unspecified atom stereocenters. The van der Waals surface area contributed by atoms with E-state index in [0.29, 0.717) is 0 Å². The third-order valence-electron chi connectivity index (χ3n) is 7.75. The zero-order valence-corrected chi connectivity index (χ0v) is 20.3. The van der Waals surface area contributed by atoms with Crippen molar-refractivity contribution in [1.82, 2.24) is 10.2 Å². The predicted octanol–water partition coefficient (Wildman–Crippen LogP) is 6.11. The molecular weight excluding hydrogens is 430 g/mol. The Kier molecular flexibility index (Phi) is 6.97. The van der Waals surface area contributed by atoms with Crippen LogP contribution in [0.1, 0.15) is 65.6 Å². The van der Waals surface area contributed by atoms with Crippen molar-refractivity contribution in [3.8, 4) is 17.2 Å². The lowest BCUT2D eigenvalue weighted by Gasteiger charge is -2.40. The number of fused-ring (bicyclic) bond motifs is 1. The summed E-state index contributed by atoms with van der Waals surface area (Å²) in [6.07, 6.45) is 7.65. The maximum absolute atomic E-state index is 13.4. The lowest BCUT2D eigenvalue weighted by molar-refractivity contribution is 0.0840. The third-order valence-corrected chi connectivity index (χ3v) is 7.75. The molecule has 0 spiro atoms. The zero-order chi connectivity index (χ0) is 24.1. The third kappa shape index (κ3) is 5.47. The first-order valence-corrected chi connectivity index (χ1v) is 12.9. The van der Waals surface area contributed by atoms with E-state index in [1.54, 1.807) is 0 Å². The fourth-order valence-corrected chi connectivity index (χ4v) is 5.69. The zero-order valence-electron chi connectivity index (χ0n) is 20.3. The van der Waals surface area contributed by atoms with Gasteiger partial charge in [-0.1, -0.05) is 67.8 Å². The number of nitrogens with zero attached hydrogens (tertiary/aromatic N) is 2. The standard InChI is InChI=1S/C31H33N3O/c32-22-24-12-13-29-23-34(18-14-27(29)20-24)19-17-31(15-5-2-6-16-31)33-30(35)28-11-7-10-26(21-28)25-8-3-1-4-9-25/h1,3-4,7-13,20-21H,2,5-6,14-19,23H2,(H,33,35). The fraction of sp³-hybridized carbons (Fsp3) is 0.355. The molecule has 35 heavy (non-hydrogen) atoms. The Labute approximate surface area is 208 Å². The molecule has 2 aliphatic rings. The van der Waals surface area contributed by atoms with Gasteiger partial charge in [0, 0.05) is 30.7 Å². The van der Waals surface area contributed by atoms with Crippen LogP contribution >= 0.6 is 0 Å². The van der Waals surface area contributed by atoms with E-state index in [0.717, 1.165) is 67.6 Å². The van der Waals surface area contributed by atoms with E-state index in [4.69, 9.17) is 0 Å². The summed E-state index contributed by atoms with van der Waals surface area (Å²) in [5.74, 6) is 0.0395. The number of amides is 1. The molecule has 0 atom stereocenters. The van der Waals surface area contributed by atoms with Gasteiger partial charge in [0.15, 0.2) is 0 Å². The monoisotopic (exact) mass is 463 g/mol. The van der Waals surface area contributed by atoms with Gasteiger partial charge in [-0.3, -0.25) is 9.69 Å². The summed E-state index contributed by atoms with van der Waals surface area (Å²) in [4.78, 5) is 15.9. The van der Waals surface area contributed by atoms with Crippen molar-refractivity contribution in [2.24, 2.45) is 0 Å². The number of hydrogen-bond donors (Lipinski definition) is 1. The van der Waals surface area contributed by atoms with E-state index >= 15 is 0 Å². The molecule has 0 aromatic heterocycles. The molecule has 0 saturated heterocycles. The average molecular weight is 464 g/mol. The largest absolute Gasteiger partial charge is 0.347 e. The summed E-state index contributed by atoms with van der Waals surface area (Å²) >= 11 is 0. The number of carbonyl (C=O) groups is 1. The van der Waals surface area contributed by atoms with Crippen molar-refractivity contribution in [3.63, 3.8) is 0 Å². The lowest BCUT2D eigenvalue weighted by Crippen LogP contribution is -2.51. The number of hydrogen-bond acceptors (Lipinski definition) is 3. The highest BCUT2D eigenvalue weighted by molar-refractivity contribution is 5.96. The van der Waals surface area contributed by atoms with Gasteiger partial charge in [-0.25, -0.2) is 0 Å². The molecule has 4 nitrogen and oxygen atoms in total. The first kappa shape index (κ1) is 23.3. The Balaban J connectivity index is 1.27. The van der Waals surface area contributed by atoms with Gasteiger partial charge in [-0.2, -0.15) is 5.26 Å². The van der Waals surface area contributed by atoms with Crippen molar-refractivity contribution in [3.05, 3.63) is 95.1 Å². The van der Waals surface area contributed by atoms with Gasteiger partial charge < -0.3 is 5.32 Å². The molecule has 1 amide bonds. The van der Waals surface area contributed by atoms with Crippen LogP contribution < -0.4 is 5.32 Å². The molecule has 1 aliphatic carbocycles. The first-order valence-electron chi connectivity index (χ1n) is 12.9. The van der Waals surface area contributed by atoms with E-state index in [1.807, 2.05) is 48.5 Å². The van der Waals surface area contributed by atoms with E-state index in [9.17, 15) is 10.1 Å². The SMILES string of the molecule is N#Cc1ccc2c(c1)CCN(CCC1(NC(=O)c3cccc(-c4ccccc4)c3)CCCCC1)C2. The van der Waals surface area contributed by atoms with Gasteiger partial charge >= 0.3 is 0 Å². The van der Waals surface area contributed by atoms with Crippen LogP contribution in [0, 0.1) is 11.3 Å². The molecule has 1 fully saturated rings. The second-order valence-corrected chi connectivity index (χ2v) is 10.1. The highest BCUT2D eigenvalue weighted by Crippen LogP contribution is 2.33. The average Bonchev–Trinajstić information content (AvgIpc) is 2.92. The molecular formula is C31H33N3O. The van der Waals surface area contributed by atoms with Crippen molar-refractivity contribution in [2.45, 2.75) is 57.0 Å². The van der Waals surface area contributed by atoms with Gasteiger partial charge in [-0.05, 0) is 72.2 Å². The quantitative estimate of drug-likeness (QED) is 0.480. The molecule has 3 aromatic carbocycles. The van der Waals surface area contributed by atoms with Crippen molar-refractivity contribution < 1.29 is 4.79 Å². The fourth-order valence-electron chi connectivity index (χ4n) is 5.69. The van der Waals surface area contributed by atoms with Gasteiger partial charge in [0.2, 0.25) is 0 Å². The topological polar surface area (TPSA) is 56.1 Å². The van der Waals surface area contributed by atoms with Gasteiger partial charge in [0.25, 0.3) is 5.91 Å². The van der Waals surface area contributed by atoms with E-state index in [1.165, 1.54) is 30.4 Å². The molecule has 1 aliphatic heterocycles. The molecule has 0 radical (unpaired) electrons.